The smallest absolute Gasteiger partial charge is 0.311 e. The van der Waals surface area contributed by atoms with Crippen molar-refractivity contribution in [2.75, 3.05) is 0 Å². The number of fused-ring (bicyclic) bond motifs is 1. The van der Waals surface area contributed by atoms with Crippen molar-refractivity contribution in [3.8, 4) is 17.4 Å². The normalized spacial score (nSPS) is 12.4. The number of hydrogen-bond donors (Lipinski definition) is 2. The van der Waals surface area contributed by atoms with Gasteiger partial charge in [-0.15, -0.1) is 0 Å². The number of carboxylic acid groups (broad SMARTS) is 1. The molecule has 11 heteroatoms. The molecule has 3 aromatic heterocycles. The van der Waals surface area contributed by atoms with Gasteiger partial charge < -0.3 is 10.2 Å². The lowest BCUT2D eigenvalue weighted by Gasteiger charge is -2.16. The van der Waals surface area contributed by atoms with E-state index >= 15 is 0 Å². The first-order valence-corrected chi connectivity index (χ1v) is 9.98. The third-order valence-corrected chi connectivity index (χ3v) is 5.21. The first kappa shape index (κ1) is 22.2. The highest BCUT2D eigenvalue weighted by atomic mass is 19.3. The summed E-state index contributed by atoms with van der Waals surface area (Å²) in [5.41, 5.74) is -0.705. The highest BCUT2D eigenvalue weighted by molar-refractivity contribution is 5.89. The second-order valence-electron chi connectivity index (χ2n) is 7.24. The molecule has 0 saturated carbocycles. The Morgan fingerprint density at radius 2 is 1.91 bits per heavy atom. The van der Waals surface area contributed by atoms with Crippen LogP contribution in [0.5, 0.6) is 5.88 Å². The second-order valence-corrected chi connectivity index (χ2v) is 7.24. The number of alkyl halides is 2. The monoisotopic (exact) mass is 457 g/mol. The van der Waals surface area contributed by atoms with E-state index in [1.807, 2.05) is 0 Å². The summed E-state index contributed by atoms with van der Waals surface area (Å²) < 4.78 is 43.2. The van der Waals surface area contributed by atoms with E-state index in [9.17, 15) is 28.2 Å². The van der Waals surface area contributed by atoms with E-state index in [0.29, 0.717) is 16.6 Å². The molecule has 1 atom stereocenters. The number of pyridine rings is 1. The lowest BCUT2D eigenvalue weighted by molar-refractivity contribution is -0.139. The topological polar surface area (TPSA) is 114 Å². The van der Waals surface area contributed by atoms with Gasteiger partial charge in [-0.1, -0.05) is 25.1 Å². The molecule has 4 aromatic rings. The van der Waals surface area contributed by atoms with Crippen LogP contribution in [0.2, 0.25) is 0 Å². The van der Waals surface area contributed by atoms with Crippen molar-refractivity contribution in [2.24, 2.45) is 0 Å². The van der Waals surface area contributed by atoms with Gasteiger partial charge in [0.25, 0.3) is 6.43 Å². The quantitative estimate of drug-likeness (QED) is 0.425. The van der Waals surface area contributed by atoms with Gasteiger partial charge in [0.2, 0.25) is 5.88 Å². The van der Waals surface area contributed by atoms with Gasteiger partial charge in [0.15, 0.2) is 11.5 Å². The number of carboxylic acids is 1. The predicted octanol–water partition coefficient (Wildman–Crippen LogP) is 4.30. The van der Waals surface area contributed by atoms with E-state index in [1.54, 1.807) is 30.3 Å². The van der Waals surface area contributed by atoms with Crippen molar-refractivity contribution < 1.29 is 28.2 Å². The van der Waals surface area contributed by atoms with Crippen molar-refractivity contribution in [3.63, 3.8) is 0 Å². The fraction of sp³-hybridized carbons (Fsp3) is 0.227. The SMILES string of the molecule is CCC(C(=O)O)c1c(O)nc(-c2nn(Cc3ccccc3F)c3ncccc23)nc1C(F)F. The number of aliphatic carboxylic acids is 1. The zero-order chi connectivity index (χ0) is 23.7. The summed E-state index contributed by atoms with van der Waals surface area (Å²) in [7, 11) is 0. The van der Waals surface area contributed by atoms with E-state index < -0.39 is 41.3 Å². The molecule has 0 bridgehead atoms. The van der Waals surface area contributed by atoms with E-state index in [2.05, 4.69) is 20.1 Å². The minimum absolute atomic E-state index is 0.00286. The van der Waals surface area contributed by atoms with Crippen LogP contribution in [0, 0.1) is 5.82 Å². The zero-order valence-corrected chi connectivity index (χ0v) is 17.3. The van der Waals surface area contributed by atoms with Gasteiger partial charge in [0.1, 0.15) is 17.2 Å². The van der Waals surface area contributed by atoms with Crippen LogP contribution in [-0.2, 0) is 11.3 Å². The number of halogens is 3. The average Bonchev–Trinajstić information content (AvgIpc) is 3.15. The lowest BCUT2D eigenvalue weighted by atomic mass is 9.95. The molecular formula is C22H18F3N5O3. The first-order chi connectivity index (χ1) is 15.8. The van der Waals surface area contributed by atoms with Crippen LogP contribution in [0.3, 0.4) is 0 Å². The number of rotatable bonds is 7. The predicted molar refractivity (Wildman–Crippen MR) is 111 cm³/mol. The van der Waals surface area contributed by atoms with Crippen LogP contribution in [-0.4, -0.2) is 40.9 Å². The summed E-state index contributed by atoms with van der Waals surface area (Å²) in [6.45, 7) is 1.49. The first-order valence-electron chi connectivity index (χ1n) is 9.98. The van der Waals surface area contributed by atoms with Gasteiger partial charge in [-0.25, -0.2) is 27.8 Å². The highest BCUT2D eigenvalue weighted by Gasteiger charge is 2.32. The molecule has 0 saturated heterocycles. The Balaban J connectivity index is 1.89. The molecule has 0 aliphatic rings. The van der Waals surface area contributed by atoms with Crippen LogP contribution in [0.25, 0.3) is 22.6 Å². The molecule has 0 aliphatic heterocycles. The van der Waals surface area contributed by atoms with E-state index in [0.717, 1.165) is 0 Å². The molecule has 2 N–H and O–H groups in total. The third-order valence-electron chi connectivity index (χ3n) is 5.21. The Labute approximate surface area is 185 Å². The molecule has 3 heterocycles. The van der Waals surface area contributed by atoms with Gasteiger partial charge in [0, 0.05) is 11.8 Å². The van der Waals surface area contributed by atoms with Gasteiger partial charge in [-0.3, -0.25) is 4.79 Å². The van der Waals surface area contributed by atoms with Crippen molar-refractivity contribution in [1.29, 1.82) is 0 Å². The fourth-order valence-corrected chi connectivity index (χ4v) is 3.66. The van der Waals surface area contributed by atoms with Crippen molar-refractivity contribution in [1.82, 2.24) is 24.7 Å². The number of nitrogens with zero attached hydrogens (tertiary/aromatic N) is 5. The third kappa shape index (κ3) is 4.09. The molecule has 1 aromatic carbocycles. The lowest BCUT2D eigenvalue weighted by Crippen LogP contribution is -2.16. The molecule has 0 amide bonds. The Hall–Kier alpha value is -4.02. The molecule has 1 unspecified atom stereocenters. The van der Waals surface area contributed by atoms with Crippen LogP contribution in [0.1, 0.15) is 42.5 Å². The molecule has 0 radical (unpaired) electrons. The Morgan fingerprint density at radius 1 is 1.15 bits per heavy atom. The van der Waals surface area contributed by atoms with Crippen LogP contribution >= 0.6 is 0 Å². The molecular weight excluding hydrogens is 439 g/mol. The summed E-state index contributed by atoms with van der Waals surface area (Å²) in [6, 6.07) is 9.31. The van der Waals surface area contributed by atoms with Crippen molar-refractivity contribution in [3.05, 3.63) is 65.2 Å². The average molecular weight is 457 g/mol. The van der Waals surface area contributed by atoms with Crippen LogP contribution in [0.15, 0.2) is 42.6 Å². The van der Waals surface area contributed by atoms with E-state index in [4.69, 9.17) is 0 Å². The molecule has 0 spiro atoms. The van der Waals surface area contributed by atoms with E-state index in [-0.39, 0.29) is 24.5 Å². The largest absolute Gasteiger partial charge is 0.493 e. The maximum Gasteiger partial charge on any atom is 0.311 e. The van der Waals surface area contributed by atoms with Gasteiger partial charge in [-0.05, 0) is 24.6 Å². The molecule has 170 valence electrons. The van der Waals surface area contributed by atoms with E-state index in [1.165, 1.54) is 23.9 Å². The number of hydrogen-bond acceptors (Lipinski definition) is 6. The van der Waals surface area contributed by atoms with Gasteiger partial charge in [0.05, 0.1) is 23.4 Å². The minimum Gasteiger partial charge on any atom is -0.493 e. The number of aromatic hydroxyl groups is 1. The van der Waals surface area contributed by atoms with Crippen LogP contribution in [0.4, 0.5) is 13.2 Å². The minimum atomic E-state index is -3.16. The fourth-order valence-electron chi connectivity index (χ4n) is 3.66. The maximum absolute atomic E-state index is 14.2. The summed E-state index contributed by atoms with van der Waals surface area (Å²) >= 11 is 0. The van der Waals surface area contributed by atoms with Gasteiger partial charge in [-0.2, -0.15) is 10.1 Å². The second kappa shape index (κ2) is 8.85. The standard InChI is InChI=1S/C22H18F3N5O3/c1-2-12(22(32)33)15-17(18(24)25)27-19(28-21(15)31)16-13-7-5-9-26-20(13)30(29-16)10-11-6-3-4-8-14(11)23/h3-9,12,18H,2,10H2,1H3,(H,32,33)(H,27,28,31). The highest BCUT2D eigenvalue weighted by Crippen LogP contribution is 2.37. The summed E-state index contributed by atoms with van der Waals surface area (Å²) in [5.74, 6) is -4.41. The molecule has 8 nitrogen and oxygen atoms in total. The Kier molecular flexibility index (Phi) is 5.95. The summed E-state index contributed by atoms with van der Waals surface area (Å²) in [4.78, 5) is 23.6. The summed E-state index contributed by atoms with van der Waals surface area (Å²) in [6.07, 6.45) is -1.71. The Morgan fingerprint density at radius 3 is 2.58 bits per heavy atom. The van der Waals surface area contributed by atoms with Crippen LogP contribution < -0.4 is 0 Å². The molecule has 4 rings (SSSR count). The molecule has 0 aliphatic carbocycles. The Bertz CT molecular complexity index is 1340. The summed E-state index contributed by atoms with van der Waals surface area (Å²) in [5, 5.41) is 24.6. The number of aromatic nitrogens is 5. The van der Waals surface area contributed by atoms with Gasteiger partial charge >= 0.3 is 5.97 Å². The molecule has 33 heavy (non-hydrogen) atoms. The maximum atomic E-state index is 14.2. The zero-order valence-electron chi connectivity index (χ0n) is 17.3. The molecule has 0 fully saturated rings. The number of carbonyl (C=O) groups is 1. The van der Waals surface area contributed by atoms with Crippen molar-refractivity contribution in [2.45, 2.75) is 32.2 Å². The van der Waals surface area contributed by atoms with Crippen molar-refractivity contribution >= 4 is 17.0 Å². The number of benzene rings is 1.